The summed E-state index contributed by atoms with van der Waals surface area (Å²) in [6, 6.07) is 34.4. The number of aryl methyl sites for hydroxylation is 1. The molecular formula is C37H36IrN2SSi-2. The standard InChI is InChI=1S/C25H26NSSi.C12H10N.Ir/c1-28(2,3)19-12-14-24-22(15-19)20-9-6-10-21(25(20)27-24)23-13-11-18(16-26-23)17-7-4-5-8-17;1-10-7-8-12(13-9-10)11-5-3-2-4-6-11;/h6,9,11-17H,4-5,7-8H2,1-3H3;2-5,7-9H,1H3;/q2*-1;. The Labute approximate surface area is 268 Å². The minimum atomic E-state index is -1.32. The van der Waals surface area contributed by atoms with Crippen LogP contribution < -0.4 is 5.19 Å². The Kier molecular flexibility index (Phi) is 9.54. The summed E-state index contributed by atoms with van der Waals surface area (Å²) < 4.78 is 2.67. The first-order valence-corrected chi connectivity index (χ1v) is 18.9. The van der Waals surface area contributed by atoms with Crippen LogP contribution in [0.2, 0.25) is 19.6 Å². The van der Waals surface area contributed by atoms with E-state index in [-0.39, 0.29) is 20.1 Å². The van der Waals surface area contributed by atoms with E-state index in [1.807, 2.05) is 54.8 Å². The second-order valence-corrected chi connectivity index (χ2v) is 18.2. The van der Waals surface area contributed by atoms with Gasteiger partial charge in [0.25, 0.3) is 0 Å². The molecule has 1 radical (unpaired) electrons. The minimum Gasteiger partial charge on any atom is -0.304 e. The molecule has 3 heterocycles. The Bertz CT molecular complexity index is 1770. The molecule has 0 aliphatic heterocycles. The van der Waals surface area contributed by atoms with Crippen LogP contribution in [0.4, 0.5) is 0 Å². The molecule has 215 valence electrons. The summed E-state index contributed by atoms with van der Waals surface area (Å²) in [5.41, 5.74) is 6.80. The number of thiophene rings is 1. The average Bonchev–Trinajstić information content (AvgIpc) is 3.66. The first-order valence-electron chi connectivity index (χ1n) is 14.6. The summed E-state index contributed by atoms with van der Waals surface area (Å²) in [4.78, 5) is 9.17. The van der Waals surface area contributed by atoms with Gasteiger partial charge in [-0.25, -0.2) is 0 Å². The van der Waals surface area contributed by atoms with Crippen LogP contribution in [-0.4, -0.2) is 18.0 Å². The third-order valence-corrected chi connectivity index (χ3v) is 11.3. The smallest absolute Gasteiger partial charge is 0.0776 e. The van der Waals surface area contributed by atoms with Crippen molar-refractivity contribution in [3.63, 3.8) is 0 Å². The summed E-state index contributed by atoms with van der Waals surface area (Å²) in [7, 11) is -1.32. The van der Waals surface area contributed by atoms with Crippen molar-refractivity contribution >= 4 is 44.8 Å². The van der Waals surface area contributed by atoms with E-state index in [9.17, 15) is 0 Å². The van der Waals surface area contributed by atoms with Gasteiger partial charge in [0.2, 0.25) is 0 Å². The molecule has 1 fully saturated rings. The molecule has 2 nitrogen and oxygen atoms in total. The van der Waals surface area contributed by atoms with Crippen molar-refractivity contribution in [1.82, 2.24) is 9.97 Å². The number of benzene rings is 3. The van der Waals surface area contributed by atoms with Crippen molar-refractivity contribution in [1.29, 1.82) is 0 Å². The van der Waals surface area contributed by atoms with E-state index in [1.165, 1.54) is 62.2 Å². The normalized spacial score (nSPS) is 13.5. The number of hydrogen-bond acceptors (Lipinski definition) is 3. The Hall–Kier alpha value is -2.95. The average molecular weight is 761 g/mol. The van der Waals surface area contributed by atoms with Crippen LogP contribution in [-0.2, 0) is 20.1 Å². The third-order valence-electron chi connectivity index (χ3n) is 8.06. The Morgan fingerprint density at radius 3 is 2.24 bits per heavy atom. The topological polar surface area (TPSA) is 25.8 Å². The van der Waals surface area contributed by atoms with Crippen LogP contribution in [0.5, 0.6) is 0 Å². The monoisotopic (exact) mass is 761 g/mol. The van der Waals surface area contributed by atoms with Gasteiger partial charge in [0.05, 0.1) is 8.07 Å². The first kappa shape index (κ1) is 30.5. The molecule has 0 unspecified atom stereocenters. The second kappa shape index (κ2) is 13.1. The Balaban J connectivity index is 0.000000212. The van der Waals surface area contributed by atoms with Crippen LogP contribution in [0.1, 0.15) is 42.7 Å². The molecule has 7 rings (SSSR count). The number of hydrogen-bond donors (Lipinski definition) is 0. The van der Waals surface area contributed by atoms with Crippen LogP contribution in [0.15, 0.2) is 91.3 Å². The van der Waals surface area contributed by atoms with E-state index >= 15 is 0 Å². The van der Waals surface area contributed by atoms with Crippen LogP contribution in [0.25, 0.3) is 42.7 Å². The van der Waals surface area contributed by atoms with Crippen LogP contribution in [0.3, 0.4) is 0 Å². The van der Waals surface area contributed by atoms with Crippen molar-refractivity contribution in [3.8, 4) is 22.5 Å². The van der Waals surface area contributed by atoms with Crippen molar-refractivity contribution in [3.05, 3.63) is 115 Å². The Morgan fingerprint density at radius 1 is 0.786 bits per heavy atom. The molecule has 1 aliphatic carbocycles. The van der Waals surface area contributed by atoms with Crippen molar-refractivity contribution in [2.45, 2.75) is 58.2 Å². The van der Waals surface area contributed by atoms with Crippen molar-refractivity contribution in [2.75, 3.05) is 0 Å². The van der Waals surface area contributed by atoms with E-state index in [1.54, 1.807) is 0 Å². The maximum Gasteiger partial charge on any atom is 0.0776 e. The molecule has 0 bridgehead atoms. The third kappa shape index (κ3) is 6.66. The molecular weight excluding hydrogens is 725 g/mol. The van der Waals surface area contributed by atoms with E-state index in [0.29, 0.717) is 5.92 Å². The summed E-state index contributed by atoms with van der Waals surface area (Å²) in [6.45, 7) is 9.28. The molecule has 1 aliphatic rings. The molecule has 42 heavy (non-hydrogen) atoms. The van der Waals surface area contributed by atoms with Gasteiger partial charge in [0.15, 0.2) is 0 Å². The van der Waals surface area contributed by atoms with Gasteiger partial charge in [-0.2, -0.15) is 11.3 Å². The molecule has 6 aromatic rings. The van der Waals surface area contributed by atoms with E-state index < -0.39 is 8.07 Å². The number of aromatic nitrogens is 2. The predicted molar refractivity (Wildman–Crippen MR) is 179 cm³/mol. The molecule has 3 aromatic heterocycles. The van der Waals surface area contributed by atoms with E-state index in [2.05, 4.69) is 91.5 Å². The molecule has 0 N–H and O–H groups in total. The fourth-order valence-corrected chi connectivity index (χ4v) is 7.98. The minimum absolute atomic E-state index is 0. The maximum absolute atomic E-state index is 4.85. The summed E-state index contributed by atoms with van der Waals surface area (Å²) in [5.74, 6) is 0.714. The zero-order valence-corrected chi connectivity index (χ0v) is 28.9. The molecule has 0 spiro atoms. The maximum atomic E-state index is 4.85. The van der Waals surface area contributed by atoms with Crippen LogP contribution >= 0.6 is 11.3 Å². The number of fused-ring (bicyclic) bond motifs is 3. The first-order chi connectivity index (χ1) is 19.9. The van der Waals surface area contributed by atoms with E-state index in [4.69, 9.17) is 4.98 Å². The van der Waals surface area contributed by atoms with Gasteiger partial charge in [-0.3, -0.25) is 0 Å². The summed E-state index contributed by atoms with van der Waals surface area (Å²) in [6.07, 6.45) is 9.34. The molecule has 3 aromatic carbocycles. The quantitative estimate of drug-likeness (QED) is 0.132. The fourth-order valence-electron chi connectivity index (χ4n) is 5.63. The zero-order valence-electron chi connectivity index (χ0n) is 24.7. The Morgan fingerprint density at radius 2 is 1.57 bits per heavy atom. The number of pyridine rings is 2. The van der Waals surface area contributed by atoms with Gasteiger partial charge in [0, 0.05) is 37.2 Å². The fraction of sp³-hybridized carbons (Fsp3) is 0.243. The van der Waals surface area contributed by atoms with Crippen LogP contribution in [0, 0.1) is 19.1 Å². The van der Waals surface area contributed by atoms with Gasteiger partial charge in [-0.05, 0) is 64.4 Å². The largest absolute Gasteiger partial charge is 0.304 e. The molecule has 0 amide bonds. The number of rotatable bonds is 4. The van der Waals surface area contributed by atoms with Crippen molar-refractivity contribution in [2.24, 2.45) is 0 Å². The summed E-state index contributed by atoms with van der Waals surface area (Å²) >= 11 is 1.88. The second-order valence-electron chi connectivity index (χ2n) is 12.1. The van der Waals surface area contributed by atoms with Gasteiger partial charge in [-0.1, -0.05) is 79.5 Å². The van der Waals surface area contributed by atoms with Crippen molar-refractivity contribution < 1.29 is 20.1 Å². The van der Waals surface area contributed by atoms with Gasteiger partial charge >= 0.3 is 0 Å². The van der Waals surface area contributed by atoms with Gasteiger partial charge < -0.3 is 9.97 Å². The predicted octanol–water partition coefficient (Wildman–Crippen LogP) is 9.97. The van der Waals surface area contributed by atoms with Gasteiger partial charge in [0.1, 0.15) is 0 Å². The SMILES string of the molecule is C[Si](C)(C)c1ccc2sc3c(-c4ccc(C5CCCC5)cn4)[c-]ccc3c2c1.Cc1ccc(-c2[c-]cccc2)nc1.[Ir]. The number of nitrogens with zero attached hydrogens (tertiary/aromatic N) is 2. The van der Waals surface area contributed by atoms with E-state index in [0.717, 1.165) is 22.5 Å². The molecule has 1 saturated carbocycles. The molecule has 0 atom stereocenters. The molecule has 0 saturated heterocycles. The zero-order chi connectivity index (χ0) is 28.4. The molecule has 5 heteroatoms. The summed E-state index contributed by atoms with van der Waals surface area (Å²) in [5, 5.41) is 4.25. The van der Waals surface area contributed by atoms with Gasteiger partial charge in [-0.15, -0.1) is 59.7 Å².